The summed E-state index contributed by atoms with van der Waals surface area (Å²) in [6, 6.07) is 5.42. The van der Waals surface area contributed by atoms with Crippen molar-refractivity contribution in [1.82, 2.24) is 14.5 Å². The lowest BCUT2D eigenvalue weighted by atomic mass is 10.2. The van der Waals surface area contributed by atoms with Gasteiger partial charge in [0.15, 0.2) is 5.16 Å². The minimum Gasteiger partial charge on any atom is -0.493 e. The molecule has 0 aliphatic heterocycles. The lowest BCUT2D eigenvalue weighted by molar-refractivity contribution is -0.127. The second-order valence-corrected chi connectivity index (χ2v) is 6.46. The van der Waals surface area contributed by atoms with Crippen molar-refractivity contribution in [3.8, 4) is 11.6 Å². The maximum absolute atomic E-state index is 13.2. The molecule has 2 aromatic rings. The topological polar surface area (TPSA) is 75.4 Å². The summed E-state index contributed by atoms with van der Waals surface area (Å²) in [5.74, 6) is -0.761. The summed E-state index contributed by atoms with van der Waals surface area (Å²) in [7, 11) is 0. The van der Waals surface area contributed by atoms with E-state index in [2.05, 4.69) is 4.98 Å². The number of benzene rings is 1. The summed E-state index contributed by atoms with van der Waals surface area (Å²) in [6.07, 6.45) is 0.308. The molecule has 1 amide bonds. The SMILES string of the molecule is CCc1c(O)nc(SCC(=O)N(CC)CC)n(-c2ccc(F)cc2)c1=O. The zero-order valence-corrected chi connectivity index (χ0v) is 15.8. The molecule has 0 fully saturated rings. The van der Waals surface area contributed by atoms with Gasteiger partial charge in [-0.25, -0.2) is 4.39 Å². The Bertz CT molecular complexity index is 833. The van der Waals surface area contributed by atoms with Gasteiger partial charge in [0, 0.05) is 13.1 Å². The predicted molar refractivity (Wildman–Crippen MR) is 99.5 cm³/mol. The predicted octanol–water partition coefficient (Wildman–Crippen LogP) is 2.60. The molecule has 0 aliphatic rings. The van der Waals surface area contributed by atoms with Gasteiger partial charge in [0.25, 0.3) is 5.56 Å². The Labute approximate surface area is 155 Å². The van der Waals surface area contributed by atoms with Crippen molar-refractivity contribution in [3.63, 3.8) is 0 Å². The van der Waals surface area contributed by atoms with E-state index >= 15 is 0 Å². The highest BCUT2D eigenvalue weighted by molar-refractivity contribution is 7.99. The van der Waals surface area contributed by atoms with Gasteiger partial charge in [-0.3, -0.25) is 14.2 Å². The van der Waals surface area contributed by atoms with Crippen LogP contribution >= 0.6 is 11.8 Å². The maximum Gasteiger partial charge on any atom is 0.265 e. The van der Waals surface area contributed by atoms with Gasteiger partial charge >= 0.3 is 0 Å². The van der Waals surface area contributed by atoms with Gasteiger partial charge in [0.05, 0.1) is 17.0 Å². The molecule has 1 aromatic heterocycles. The fourth-order valence-electron chi connectivity index (χ4n) is 2.54. The summed E-state index contributed by atoms with van der Waals surface area (Å²) in [6.45, 7) is 6.70. The second-order valence-electron chi connectivity index (χ2n) is 5.52. The first-order valence-corrected chi connectivity index (χ1v) is 9.42. The number of hydrogen-bond donors (Lipinski definition) is 1. The molecular weight excluding hydrogens is 357 g/mol. The Kier molecular flexibility index (Phi) is 6.79. The van der Waals surface area contributed by atoms with Crippen molar-refractivity contribution in [2.45, 2.75) is 32.3 Å². The molecule has 26 heavy (non-hydrogen) atoms. The number of thioether (sulfide) groups is 1. The quantitative estimate of drug-likeness (QED) is 0.591. The highest BCUT2D eigenvalue weighted by Crippen LogP contribution is 2.23. The van der Waals surface area contributed by atoms with Crippen LogP contribution in [-0.4, -0.2) is 44.3 Å². The number of carbonyl (C=O) groups is 1. The number of carbonyl (C=O) groups excluding carboxylic acids is 1. The number of aromatic nitrogens is 2. The zero-order chi connectivity index (χ0) is 19.3. The molecule has 2 rings (SSSR count). The van der Waals surface area contributed by atoms with Crippen molar-refractivity contribution in [1.29, 1.82) is 0 Å². The van der Waals surface area contributed by atoms with Crippen LogP contribution in [-0.2, 0) is 11.2 Å². The fourth-order valence-corrected chi connectivity index (χ4v) is 3.45. The third-order valence-electron chi connectivity index (χ3n) is 4.00. The van der Waals surface area contributed by atoms with Gasteiger partial charge < -0.3 is 10.0 Å². The van der Waals surface area contributed by atoms with Crippen LogP contribution in [0.2, 0.25) is 0 Å². The van der Waals surface area contributed by atoms with E-state index in [0.29, 0.717) is 25.2 Å². The molecule has 0 saturated carbocycles. The number of hydrogen-bond acceptors (Lipinski definition) is 5. The third kappa shape index (κ3) is 4.24. The van der Waals surface area contributed by atoms with Crippen molar-refractivity contribution >= 4 is 17.7 Å². The average Bonchev–Trinajstić information content (AvgIpc) is 2.62. The third-order valence-corrected chi connectivity index (χ3v) is 4.93. The van der Waals surface area contributed by atoms with Gasteiger partial charge in [0.1, 0.15) is 5.82 Å². The molecule has 0 radical (unpaired) electrons. The van der Waals surface area contributed by atoms with Crippen molar-refractivity contribution in [2.75, 3.05) is 18.8 Å². The summed E-state index contributed by atoms with van der Waals surface area (Å²) >= 11 is 1.07. The minimum atomic E-state index is -0.426. The molecule has 6 nitrogen and oxygen atoms in total. The van der Waals surface area contributed by atoms with E-state index in [9.17, 15) is 19.1 Å². The van der Waals surface area contributed by atoms with Crippen LogP contribution in [0.25, 0.3) is 5.69 Å². The molecule has 0 aliphatic carbocycles. The number of rotatable bonds is 7. The standard InChI is InChI=1S/C18H22FN3O3S/c1-4-14-16(24)20-18(26-11-15(23)21(5-2)6-3)22(17(14)25)13-9-7-12(19)8-10-13/h7-10,24H,4-6,11H2,1-3H3. The second kappa shape index (κ2) is 8.84. The van der Waals surface area contributed by atoms with Gasteiger partial charge in [-0.05, 0) is 44.5 Å². The smallest absolute Gasteiger partial charge is 0.265 e. The van der Waals surface area contributed by atoms with Crippen LogP contribution in [0, 0.1) is 5.82 Å². The molecule has 0 unspecified atom stereocenters. The monoisotopic (exact) mass is 379 g/mol. The molecule has 140 valence electrons. The van der Waals surface area contributed by atoms with E-state index in [4.69, 9.17) is 0 Å². The van der Waals surface area contributed by atoms with Gasteiger partial charge in [0.2, 0.25) is 11.8 Å². The van der Waals surface area contributed by atoms with E-state index < -0.39 is 11.4 Å². The number of aromatic hydroxyl groups is 1. The van der Waals surface area contributed by atoms with Gasteiger partial charge in [-0.15, -0.1) is 0 Å². The number of nitrogens with zero attached hydrogens (tertiary/aromatic N) is 3. The highest BCUT2D eigenvalue weighted by atomic mass is 32.2. The maximum atomic E-state index is 13.2. The molecule has 0 bridgehead atoms. The summed E-state index contributed by atoms with van der Waals surface area (Å²) in [4.78, 5) is 30.8. The molecule has 1 N–H and O–H groups in total. The van der Waals surface area contributed by atoms with Crippen LogP contribution in [0.3, 0.4) is 0 Å². The number of halogens is 1. The van der Waals surface area contributed by atoms with Crippen molar-refractivity contribution < 1.29 is 14.3 Å². The first kappa shape index (κ1) is 20.0. The van der Waals surface area contributed by atoms with E-state index in [-0.39, 0.29) is 28.3 Å². The van der Waals surface area contributed by atoms with Crippen LogP contribution in [0.15, 0.2) is 34.2 Å². The lowest BCUT2D eigenvalue weighted by Crippen LogP contribution is -2.32. The number of amides is 1. The Balaban J connectivity index is 2.46. The average molecular weight is 379 g/mol. The molecule has 0 atom stereocenters. The highest BCUT2D eigenvalue weighted by Gasteiger charge is 2.19. The van der Waals surface area contributed by atoms with Crippen LogP contribution in [0.5, 0.6) is 5.88 Å². The Morgan fingerprint density at radius 1 is 1.23 bits per heavy atom. The molecule has 0 saturated heterocycles. The summed E-state index contributed by atoms with van der Waals surface area (Å²) in [5.41, 5.74) is 0.175. The fraction of sp³-hybridized carbons (Fsp3) is 0.389. The first-order chi connectivity index (χ1) is 12.4. The summed E-state index contributed by atoms with van der Waals surface area (Å²) < 4.78 is 14.5. The van der Waals surface area contributed by atoms with Crippen molar-refractivity contribution in [2.24, 2.45) is 0 Å². The summed E-state index contributed by atoms with van der Waals surface area (Å²) in [5, 5.41) is 10.3. The minimum absolute atomic E-state index is 0.0836. The molecule has 1 heterocycles. The van der Waals surface area contributed by atoms with Crippen LogP contribution in [0.4, 0.5) is 4.39 Å². The van der Waals surface area contributed by atoms with E-state index in [1.54, 1.807) is 11.8 Å². The first-order valence-electron chi connectivity index (χ1n) is 8.44. The molecule has 8 heteroatoms. The van der Waals surface area contributed by atoms with E-state index in [1.807, 2.05) is 13.8 Å². The van der Waals surface area contributed by atoms with Crippen molar-refractivity contribution in [3.05, 3.63) is 46.0 Å². The Morgan fingerprint density at radius 3 is 2.38 bits per heavy atom. The van der Waals surface area contributed by atoms with E-state index in [0.717, 1.165) is 11.8 Å². The van der Waals surface area contributed by atoms with Gasteiger partial charge in [-0.2, -0.15) is 4.98 Å². The molecule has 1 aromatic carbocycles. The largest absolute Gasteiger partial charge is 0.493 e. The lowest BCUT2D eigenvalue weighted by Gasteiger charge is -2.19. The zero-order valence-electron chi connectivity index (χ0n) is 15.0. The van der Waals surface area contributed by atoms with Crippen LogP contribution in [0.1, 0.15) is 26.3 Å². The van der Waals surface area contributed by atoms with Crippen LogP contribution < -0.4 is 5.56 Å². The van der Waals surface area contributed by atoms with Gasteiger partial charge in [-0.1, -0.05) is 18.7 Å². The molecular formula is C18H22FN3O3S. The molecule has 0 spiro atoms. The Hall–Kier alpha value is -2.35. The van der Waals surface area contributed by atoms with E-state index in [1.165, 1.54) is 28.8 Å². The normalized spacial score (nSPS) is 10.8. The Morgan fingerprint density at radius 2 is 1.85 bits per heavy atom.